The van der Waals surface area contributed by atoms with Crippen LogP contribution < -0.4 is 5.32 Å². The standard InChI is InChI=1S/C17H28N2O3S/c1-5-22-12(2)15-18-10-13(23-15)14(20)19-11-17(21)8-6-16(3,4)7-9-17/h10,12,21H,5-9,11H2,1-4H3,(H,19,20). The molecule has 0 aliphatic heterocycles. The van der Waals surface area contributed by atoms with Crippen LogP contribution in [0.2, 0.25) is 0 Å². The molecule has 1 aromatic rings. The van der Waals surface area contributed by atoms with Crippen molar-refractivity contribution in [1.29, 1.82) is 0 Å². The number of nitrogens with zero attached hydrogens (tertiary/aromatic N) is 1. The Labute approximate surface area is 142 Å². The van der Waals surface area contributed by atoms with E-state index in [2.05, 4.69) is 24.1 Å². The molecule has 1 amide bonds. The zero-order chi connectivity index (χ0) is 17.1. The van der Waals surface area contributed by atoms with Crippen LogP contribution in [-0.2, 0) is 4.74 Å². The normalized spacial score (nSPS) is 20.9. The minimum Gasteiger partial charge on any atom is -0.388 e. The van der Waals surface area contributed by atoms with E-state index in [4.69, 9.17) is 4.74 Å². The first-order chi connectivity index (χ1) is 10.7. The largest absolute Gasteiger partial charge is 0.388 e. The predicted molar refractivity (Wildman–Crippen MR) is 91.7 cm³/mol. The number of rotatable bonds is 6. The molecule has 1 unspecified atom stereocenters. The van der Waals surface area contributed by atoms with Crippen LogP contribution in [0.4, 0.5) is 0 Å². The number of thiazole rings is 1. The van der Waals surface area contributed by atoms with Crippen LogP contribution in [0.5, 0.6) is 0 Å². The van der Waals surface area contributed by atoms with Crippen molar-refractivity contribution in [3.63, 3.8) is 0 Å². The number of aromatic nitrogens is 1. The molecule has 1 aromatic heterocycles. The molecule has 0 spiro atoms. The monoisotopic (exact) mass is 340 g/mol. The van der Waals surface area contributed by atoms with E-state index in [1.807, 2.05) is 13.8 Å². The molecule has 6 heteroatoms. The second kappa shape index (κ2) is 7.28. The van der Waals surface area contributed by atoms with Crippen LogP contribution in [0.1, 0.15) is 74.2 Å². The topological polar surface area (TPSA) is 71.5 Å². The summed E-state index contributed by atoms with van der Waals surface area (Å²) in [5, 5.41) is 14.3. The van der Waals surface area contributed by atoms with Gasteiger partial charge >= 0.3 is 0 Å². The average molecular weight is 340 g/mol. The van der Waals surface area contributed by atoms with Crippen LogP contribution in [0.15, 0.2) is 6.20 Å². The zero-order valence-electron chi connectivity index (χ0n) is 14.5. The summed E-state index contributed by atoms with van der Waals surface area (Å²) in [4.78, 5) is 17.1. The van der Waals surface area contributed by atoms with E-state index < -0.39 is 5.60 Å². The van der Waals surface area contributed by atoms with Gasteiger partial charge in [-0.3, -0.25) is 4.79 Å². The molecule has 1 fully saturated rings. The molecule has 1 aliphatic carbocycles. The number of hydrogen-bond acceptors (Lipinski definition) is 5. The van der Waals surface area contributed by atoms with Gasteiger partial charge in [0.15, 0.2) is 0 Å². The Kier molecular flexibility index (Phi) is 5.81. The van der Waals surface area contributed by atoms with Gasteiger partial charge in [-0.1, -0.05) is 13.8 Å². The van der Waals surface area contributed by atoms with E-state index in [1.165, 1.54) is 11.3 Å². The minimum absolute atomic E-state index is 0.101. The Morgan fingerprint density at radius 3 is 2.70 bits per heavy atom. The fraction of sp³-hybridized carbons (Fsp3) is 0.765. The molecule has 2 N–H and O–H groups in total. The third-order valence-corrected chi connectivity index (χ3v) is 5.78. The maximum Gasteiger partial charge on any atom is 0.263 e. The van der Waals surface area contributed by atoms with Gasteiger partial charge in [0, 0.05) is 13.2 Å². The second-order valence-corrected chi connectivity index (χ2v) is 8.29. The first kappa shape index (κ1) is 18.4. The van der Waals surface area contributed by atoms with Crippen molar-refractivity contribution >= 4 is 17.2 Å². The smallest absolute Gasteiger partial charge is 0.263 e. The minimum atomic E-state index is -0.780. The first-order valence-electron chi connectivity index (χ1n) is 8.33. The molecule has 23 heavy (non-hydrogen) atoms. The van der Waals surface area contributed by atoms with Crippen LogP contribution in [0, 0.1) is 5.41 Å². The Morgan fingerprint density at radius 2 is 2.09 bits per heavy atom. The number of ether oxygens (including phenoxy) is 1. The lowest BCUT2D eigenvalue weighted by atomic mass is 9.71. The summed E-state index contributed by atoms with van der Waals surface area (Å²) in [6, 6.07) is 0. The number of amides is 1. The fourth-order valence-electron chi connectivity index (χ4n) is 2.80. The Hall–Kier alpha value is -0.980. The lowest BCUT2D eigenvalue weighted by molar-refractivity contribution is -0.0232. The van der Waals surface area contributed by atoms with Crippen molar-refractivity contribution in [1.82, 2.24) is 10.3 Å². The summed E-state index contributed by atoms with van der Waals surface area (Å²) >= 11 is 1.34. The highest BCUT2D eigenvalue weighted by molar-refractivity contribution is 7.13. The number of aliphatic hydroxyl groups is 1. The predicted octanol–water partition coefficient (Wildman–Crippen LogP) is 3.30. The highest BCUT2D eigenvalue weighted by atomic mass is 32.1. The molecule has 0 bridgehead atoms. The average Bonchev–Trinajstić information content (AvgIpc) is 2.99. The van der Waals surface area contributed by atoms with Gasteiger partial charge < -0.3 is 15.2 Å². The first-order valence-corrected chi connectivity index (χ1v) is 9.14. The van der Waals surface area contributed by atoms with Crippen LogP contribution in [0.3, 0.4) is 0 Å². The van der Waals surface area contributed by atoms with Gasteiger partial charge in [-0.15, -0.1) is 11.3 Å². The van der Waals surface area contributed by atoms with Gasteiger partial charge in [-0.2, -0.15) is 0 Å². The molecule has 5 nitrogen and oxygen atoms in total. The van der Waals surface area contributed by atoms with Crippen molar-refractivity contribution in [2.24, 2.45) is 5.41 Å². The number of carbonyl (C=O) groups excluding carboxylic acids is 1. The third-order valence-electron chi connectivity index (χ3n) is 4.62. The van der Waals surface area contributed by atoms with Crippen molar-refractivity contribution < 1.29 is 14.6 Å². The maximum absolute atomic E-state index is 12.3. The van der Waals surface area contributed by atoms with Gasteiger partial charge in [-0.25, -0.2) is 4.98 Å². The summed E-state index contributed by atoms with van der Waals surface area (Å²) in [6.07, 6.45) is 4.91. The molecule has 0 radical (unpaired) electrons. The summed E-state index contributed by atoms with van der Waals surface area (Å²) in [6.45, 7) is 9.23. The third kappa shape index (κ3) is 4.99. The van der Waals surface area contributed by atoms with Crippen molar-refractivity contribution in [2.75, 3.05) is 13.2 Å². The summed E-state index contributed by atoms with van der Waals surface area (Å²) in [5.41, 5.74) is -0.491. The molecule has 0 saturated heterocycles. The van der Waals surface area contributed by atoms with E-state index in [0.29, 0.717) is 18.0 Å². The van der Waals surface area contributed by atoms with E-state index in [0.717, 1.165) is 30.7 Å². The van der Waals surface area contributed by atoms with Crippen LogP contribution in [-0.4, -0.2) is 34.8 Å². The maximum atomic E-state index is 12.3. The molecule has 130 valence electrons. The highest BCUT2D eigenvalue weighted by Crippen LogP contribution is 2.39. The summed E-state index contributed by atoms with van der Waals surface area (Å²) in [7, 11) is 0. The molecule has 2 rings (SSSR count). The van der Waals surface area contributed by atoms with Crippen LogP contribution >= 0.6 is 11.3 Å². The van der Waals surface area contributed by atoms with Gasteiger partial charge in [0.05, 0.1) is 11.8 Å². The van der Waals surface area contributed by atoms with E-state index >= 15 is 0 Å². The lowest BCUT2D eigenvalue weighted by Crippen LogP contribution is -2.46. The lowest BCUT2D eigenvalue weighted by Gasteiger charge is -2.40. The second-order valence-electron chi connectivity index (χ2n) is 7.23. The Bertz CT molecular complexity index is 532. The van der Waals surface area contributed by atoms with E-state index in [-0.39, 0.29) is 17.4 Å². The number of nitrogens with one attached hydrogen (secondary N) is 1. The molecule has 1 heterocycles. The molecule has 1 atom stereocenters. The van der Waals surface area contributed by atoms with Crippen molar-refractivity contribution in [3.05, 3.63) is 16.1 Å². The zero-order valence-corrected chi connectivity index (χ0v) is 15.3. The quantitative estimate of drug-likeness (QED) is 0.833. The Morgan fingerprint density at radius 1 is 1.43 bits per heavy atom. The highest BCUT2D eigenvalue weighted by Gasteiger charge is 2.36. The number of carbonyl (C=O) groups is 1. The number of hydrogen-bond donors (Lipinski definition) is 2. The fourth-order valence-corrected chi connectivity index (χ4v) is 3.64. The van der Waals surface area contributed by atoms with Gasteiger partial charge in [-0.05, 0) is 44.9 Å². The van der Waals surface area contributed by atoms with Crippen molar-refractivity contribution in [3.8, 4) is 0 Å². The van der Waals surface area contributed by atoms with Gasteiger partial charge in [0.2, 0.25) is 0 Å². The molecule has 1 saturated carbocycles. The van der Waals surface area contributed by atoms with Gasteiger partial charge in [0.25, 0.3) is 5.91 Å². The van der Waals surface area contributed by atoms with E-state index in [9.17, 15) is 9.90 Å². The summed E-state index contributed by atoms with van der Waals surface area (Å²) in [5.74, 6) is -0.171. The van der Waals surface area contributed by atoms with E-state index in [1.54, 1.807) is 6.20 Å². The molecule has 0 aromatic carbocycles. The van der Waals surface area contributed by atoms with Crippen LogP contribution in [0.25, 0.3) is 0 Å². The molecule has 1 aliphatic rings. The Balaban J connectivity index is 1.88. The molecular formula is C17H28N2O3S. The SMILES string of the molecule is CCOC(C)c1ncc(C(=O)NCC2(O)CCC(C)(C)CC2)s1. The summed E-state index contributed by atoms with van der Waals surface area (Å²) < 4.78 is 5.49. The van der Waals surface area contributed by atoms with Crippen molar-refractivity contribution in [2.45, 2.75) is 65.1 Å². The molecular weight excluding hydrogens is 312 g/mol. The van der Waals surface area contributed by atoms with Gasteiger partial charge in [0.1, 0.15) is 16.0 Å².